The van der Waals surface area contributed by atoms with E-state index in [0.29, 0.717) is 0 Å². The molecule has 1 aromatic heterocycles. The Morgan fingerprint density at radius 3 is 2.14 bits per heavy atom. The van der Waals surface area contributed by atoms with Crippen LogP contribution in [0.1, 0.15) is 19.0 Å². The Kier molecular flexibility index (Phi) is 5.26. The molecule has 0 fully saturated rings. The summed E-state index contributed by atoms with van der Waals surface area (Å²) in [5.74, 6) is 0. The zero-order valence-electron chi connectivity index (χ0n) is 8.05. The van der Waals surface area contributed by atoms with Crippen molar-refractivity contribution in [2.45, 2.75) is 26.8 Å². The van der Waals surface area contributed by atoms with Crippen molar-refractivity contribution < 1.29 is 17.3 Å². The summed E-state index contributed by atoms with van der Waals surface area (Å²) in [6.45, 7) is 5.25. The Hall–Kier alpha value is -1.01. The molecule has 1 aromatic rings. The summed E-state index contributed by atoms with van der Waals surface area (Å²) < 4.78 is 41.1. The first-order chi connectivity index (χ1) is 6.33. The van der Waals surface area contributed by atoms with Gasteiger partial charge in [0, 0.05) is 12.7 Å². The fourth-order valence-corrected chi connectivity index (χ4v) is 0.852. The third kappa shape index (κ3) is 9.09. The Balaban J connectivity index is 0.000000292. The molecule has 0 aliphatic carbocycles. The van der Waals surface area contributed by atoms with Crippen molar-refractivity contribution in [3.63, 3.8) is 0 Å². The van der Waals surface area contributed by atoms with E-state index in [0.717, 1.165) is 12.2 Å². The number of nitrogens with zero attached hydrogens (tertiary/aromatic N) is 2. The summed E-state index contributed by atoms with van der Waals surface area (Å²) in [6.07, 6.45) is 5.11. The summed E-state index contributed by atoms with van der Waals surface area (Å²) in [6, 6.07) is 0. The summed E-state index contributed by atoms with van der Waals surface area (Å²) in [5.41, 5.74) is 1.10. The van der Waals surface area contributed by atoms with Gasteiger partial charge in [0.25, 0.3) is 0 Å². The normalized spacial score (nSPS) is 10.7. The summed E-state index contributed by atoms with van der Waals surface area (Å²) >= 11 is 0. The minimum atomic E-state index is -6.00. The van der Waals surface area contributed by atoms with Gasteiger partial charge in [0.1, 0.15) is 0 Å². The lowest BCUT2D eigenvalue weighted by atomic mass is 10.3. The fraction of sp³-hybridized carbons (Fsp3) is 0.571. The Morgan fingerprint density at radius 2 is 1.86 bits per heavy atom. The molecule has 0 saturated heterocycles. The number of imidazole rings is 1. The number of hydrogen-bond donors (Lipinski definition) is 0. The molecule has 0 aliphatic heterocycles. The molecule has 0 radical (unpaired) electrons. The van der Waals surface area contributed by atoms with Gasteiger partial charge in [-0.1, -0.05) is 6.92 Å². The molecule has 0 unspecified atom stereocenters. The lowest BCUT2D eigenvalue weighted by Gasteiger charge is -1.94. The zero-order chi connectivity index (χ0) is 11.2. The van der Waals surface area contributed by atoms with Crippen molar-refractivity contribution >= 4 is 7.25 Å². The first kappa shape index (κ1) is 13.0. The quantitative estimate of drug-likeness (QED) is 0.543. The molecule has 0 aromatic carbocycles. The van der Waals surface area contributed by atoms with Crippen LogP contribution in [0, 0.1) is 6.92 Å². The van der Waals surface area contributed by atoms with Gasteiger partial charge in [-0.2, -0.15) is 0 Å². The average molecular weight is 211 g/mol. The Labute approximate surface area is 80.1 Å². The van der Waals surface area contributed by atoms with Gasteiger partial charge in [0.2, 0.25) is 0 Å². The SMILES string of the molecule is CCCn1cnc(C)c1.F[B-](F)(F)F. The van der Waals surface area contributed by atoms with Gasteiger partial charge in [-0.05, 0) is 13.3 Å². The Bertz CT molecular complexity index is 252. The molecule has 0 saturated carbocycles. The molecule has 0 bridgehead atoms. The average Bonchev–Trinajstić information content (AvgIpc) is 2.32. The molecule has 0 amide bonds. The second-order valence-electron chi connectivity index (χ2n) is 2.75. The van der Waals surface area contributed by atoms with Crippen molar-refractivity contribution in [3.05, 3.63) is 18.2 Å². The van der Waals surface area contributed by atoms with E-state index in [-0.39, 0.29) is 0 Å². The second-order valence-corrected chi connectivity index (χ2v) is 2.75. The van der Waals surface area contributed by atoms with Crippen LogP contribution in [0.4, 0.5) is 17.3 Å². The van der Waals surface area contributed by atoms with E-state index in [2.05, 4.69) is 22.7 Å². The van der Waals surface area contributed by atoms with Crippen LogP contribution in [-0.2, 0) is 6.54 Å². The minimum Gasteiger partial charge on any atom is -0.418 e. The van der Waals surface area contributed by atoms with Crippen LogP contribution in [0.3, 0.4) is 0 Å². The molecule has 0 N–H and O–H groups in total. The molecule has 0 atom stereocenters. The van der Waals surface area contributed by atoms with Gasteiger partial charge in [0.05, 0.1) is 12.0 Å². The van der Waals surface area contributed by atoms with Gasteiger partial charge in [-0.25, -0.2) is 4.98 Å². The largest absolute Gasteiger partial charge is 0.673 e. The molecule has 1 rings (SSSR count). The summed E-state index contributed by atoms with van der Waals surface area (Å²) in [5, 5.41) is 0. The van der Waals surface area contributed by atoms with Crippen molar-refractivity contribution in [1.82, 2.24) is 9.55 Å². The van der Waals surface area contributed by atoms with Gasteiger partial charge >= 0.3 is 7.25 Å². The number of aromatic nitrogens is 2. The maximum Gasteiger partial charge on any atom is 0.673 e. The van der Waals surface area contributed by atoms with Crippen LogP contribution in [0.5, 0.6) is 0 Å². The van der Waals surface area contributed by atoms with Crippen LogP contribution in [0.25, 0.3) is 0 Å². The highest BCUT2D eigenvalue weighted by atomic mass is 19.5. The number of aryl methyl sites for hydroxylation is 2. The van der Waals surface area contributed by atoms with E-state index in [1.807, 2.05) is 13.3 Å². The minimum absolute atomic E-state index is 1.08. The Morgan fingerprint density at radius 1 is 1.36 bits per heavy atom. The van der Waals surface area contributed by atoms with Gasteiger partial charge in [-0.3, -0.25) is 0 Å². The van der Waals surface area contributed by atoms with Gasteiger partial charge in [0.15, 0.2) is 0 Å². The smallest absolute Gasteiger partial charge is 0.418 e. The second kappa shape index (κ2) is 5.67. The van der Waals surface area contributed by atoms with E-state index in [4.69, 9.17) is 0 Å². The number of halogens is 4. The van der Waals surface area contributed by atoms with Crippen molar-refractivity contribution in [2.24, 2.45) is 0 Å². The number of rotatable bonds is 2. The molecule has 7 heteroatoms. The highest BCUT2D eigenvalue weighted by Gasteiger charge is 2.20. The monoisotopic (exact) mass is 211 g/mol. The molecule has 1 heterocycles. The molecule has 0 aliphatic rings. The van der Waals surface area contributed by atoms with E-state index >= 15 is 0 Å². The highest BCUT2D eigenvalue weighted by Crippen LogP contribution is 2.06. The maximum absolute atomic E-state index is 9.75. The maximum atomic E-state index is 9.75. The van der Waals surface area contributed by atoms with Gasteiger partial charge in [-0.15, -0.1) is 0 Å². The highest BCUT2D eigenvalue weighted by molar-refractivity contribution is 6.50. The van der Waals surface area contributed by atoms with E-state index in [9.17, 15) is 17.3 Å². The molecular weight excluding hydrogens is 199 g/mol. The van der Waals surface area contributed by atoms with E-state index in [1.165, 1.54) is 6.42 Å². The third-order valence-corrected chi connectivity index (χ3v) is 1.24. The van der Waals surface area contributed by atoms with Crippen LogP contribution in [-0.4, -0.2) is 16.8 Å². The van der Waals surface area contributed by atoms with E-state index in [1.54, 1.807) is 0 Å². The fourth-order valence-electron chi connectivity index (χ4n) is 0.852. The van der Waals surface area contributed by atoms with Crippen LogP contribution >= 0.6 is 0 Å². The van der Waals surface area contributed by atoms with Crippen LogP contribution in [0.2, 0.25) is 0 Å². The lowest BCUT2D eigenvalue weighted by molar-refractivity contribution is 0.368. The van der Waals surface area contributed by atoms with Crippen molar-refractivity contribution in [2.75, 3.05) is 0 Å². The first-order valence-corrected chi connectivity index (χ1v) is 4.18. The first-order valence-electron chi connectivity index (χ1n) is 4.18. The molecule has 2 nitrogen and oxygen atoms in total. The third-order valence-electron chi connectivity index (χ3n) is 1.24. The van der Waals surface area contributed by atoms with Crippen molar-refractivity contribution in [3.8, 4) is 0 Å². The predicted octanol–water partition coefficient (Wildman–Crippen LogP) is 2.90. The lowest BCUT2D eigenvalue weighted by Crippen LogP contribution is -2.02. The van der Waals surface area contributed by atoms with Crippen LogP contribution in [0.15, 0.2) is 12.5 Å². The van der Waals surface area contributed by atoms with E-state index < -0.39 is 7.25 Å². The van der Waals surface area contributed by atoms with Gasteiger partial charge < -0.3 is 21.8 Å². The predicted molar refractivity (Wildman–Crippen MR) is 47.4 cm³/mol. The number of hydrogen-bond acceptors (Lipinski definition) is 1. The molecular formula is C7H12BF4N2-. The molecule has 0 spiro atoms. The van der Waals surface area contributed by atoms with Crippen molar-refractivity contribution in [1.29, 1.82) is 0 Å². The molecule has 82 valence electrons. The zero-order valence-corrected chi connectivity index (χ0v) is 8.05. The topological polar surface area (TPSA) is 17.8 Å². The van der Waals surface area contributed by atoms with Crippen LogP contribution < -0.4 is 0 Å². The summed E-state index contributed by atoms with van der Waals surface area (Å²) in [7, 11) is -6.00. The summed E-state index contributed by atoms with van der Waals surface area (Å²) in [4.78, 5) is 4.10. The molecule has 14 heavy (non-hydrogen) atoms. The standard InChI is InChI=1S/C7H12N2.BF4/c1-3-4-9-5-7(2)8-6-9;2-1(3,4)5/h5-6H,3-4H2,1-2H3;/q;-1.